The molecular weight excluding hydrogens is 218 g/mol. The Balaban J connectivity index is 2.19. The predicted molar refractivity (Wildman–Crippen MR) is 66.8 cm³/mol. The molecule has 84 valence electrons. The molecule has 1 aromatic carbocycles. The highest BCUT2D eigenvalue weighted by Gasteiger charge is 2.03. The normalized spacial score (nSPS) is 10.7. The number of aryl methyl sites for hydroxylation is 2. The molecule has 0 fully saturated rings. The van der Waals surface area contributed by atoms with Crippen LogP contribution in [0.5, 0.6) is 0 Å². The molecule has 0 bridgehead atoms. The Kier molecular flexibility index (Phi) is 3.36. The minimum Gasteiger partial charge on any atom is -0.391 e. The molecule has 0 aliphatic rings. The Labute approximate surface area is 99.6 Å². The van der Waals surface area contributed by atoms with E-state index in [4.69, 9.17) is 5.11 Å². The number of benzene rings is 1. The summed E-state index contributed by atoms with van der Waals surface area (Å²) < 4.78 is 0. The van der Waals surface area contributed by atoms with E-state index in [-0.39, 0.29) is 6.61 Å². The van der Waals surface area contributed by atoms with Gasteiger partial charge in [0.05, 0.1) is 16.5 Å². The fraction of sp³-hybridized carbons (Fsp3) is 0.308. The molecule has 2 nitrogen and oxygen atoms in total. The molecular formula is C13H15NOS. The summed E-state index contributed by atoms with van der Waals surface area (Å²) in [4.78, 5) is 5.23. The van der Waals surface area contributed by atoms with Crippen molar-refractivity contribution >= 4 is 11.3 Å². The lowest BCUT2D eigenvalue weighted by Gasteiger charge is -2.02. The third-order valence-electron chi connectivity index (χ3n) is 2.39. The van der Waals surface area contributed by atoms with Gasteiger partial charge in [-0.15, -0.1) is 11.3 Å². The van der Waals surface area contributed by atoms with Gasteiger partial charge >= 0.3 is 0 Å². The van der Waals surface area contributed by atoms with E-state index in [1.807, 2.05) is 0 Å². The number of thiazole rings is 1. The molecule has 2 aromatic rings. The van der Waals surface area contributed by atoms with Crippen LogP contribution in [0.4, 0.5) is 0 Å². The second-order valence-corrected chi connectivity index (χ2v) is 5.25. The number of aromatic nitrogens is 1. The number of nitrogens with zero attached hydrogens (tertiary/aromatic N) is 1. The zero-order valence-electron chi connectivity index (χ0n) is 9.53. The molecule has 0 saturated heterocycles. The highest BCUT2D eigenvalue weighted by atomic mass is 32.1. The van der Waals surface area contributed by atoms with Crippen molar-refractivity contribution in [2.45, 2.75) is 26.9 Å². The van der Waals surface area contributed by atoms with Crippen molar-refractivity contribution in [2.24, 2.45) is 0 Å². The quantitative estimate of drug-likeness (QED) is 0.884. The van der Waals surface area contributed by atoms with E-state index in [9.17, 15) is 0 Å². The maximum Gasteiger partial charge on any atom is 0.0972 e. The molecule has 0 atom stereocenters. The van der Waals surface area contributed by atoms with Crippen molar-refractivity contribution in [3.05, 3.63) is 51.0 Å². The molecule has 0 saturated carbocycles. The summed E-state index contributed by atoms with van der Waals surface area (Å²) in [5.41, 5.74) is 3.86. The van der Waals surface area contributed by atoms with Crippen molar-refractivity contribution in [1.29, 1.82) is 0 Å². The van der Waals surface area contributed by atoms with E-state index in [0.717, 1.165) is 16.3 Å². The summed E-state index contributed by atoms with van der Waals surface area (Å²) in [5, 5.41) is 10.0. The molecule has 1 N–H and O–H groups in total. The zero-order chi connectivity index (χ0) is 11.5. The van der Waals surface area contributed by atoms with Gasteiger partial charge in [-0.1, -0.05) is 29.3 Å². The summed E-state index contributed by atoms with van der Waals surface area (Å²) in [7, 11) is 0. The largest absolute Gasteiger partial charge is 0.391 e. The van der Waals surface area contributed by atoms with Crippen LogP contribution in [-0.4, -0.2) is 10.1 Å². The van der Waals surface area contributed by atoms with Gasteiger partial charge < -0.3 is 5.11 Å². The van der Waals surface area contributed by atoms with Crippen LogP contribution in [0.3, 0.4) is 0 Å². The zero-order valence-corrected chi connectivity index (χ0v) is 10.3. The Hall–Kier alpha value is -1.19. The average Bonchev–Trinajstić information content (AvgIpc) is 2.64. The average molecular weight is 233 g/mol. The summed E-state index contributed by atoms with van der Waals surface area (Å²) in [5.74, 6) is 0. The summed E-state index contributed by atoms with van der Waals surface area (Å²) in [6.45, 7) is 4.31. The van der Waals surface area contributed by atoms with Gasteiger partial charge in [0.25, 0.3) is 0 Å². The molecule has 2 rings (SSSR count). The molecule has 1 aromatic heterocycles. The number of hydrogen-bond acceptors (Lipinski definition) is 3. The van der Waals surface area contributed by atoms with E-state index < -0.39 is 0 Å². The lowest BCUT2D eigenvalue weighted by molar-refractivity contribution is 0.285. The Morgan fingerprint density at radius 1 is 1.19 bits per heavy atom. The second kappa shape index (κ2) is 4.76. The minimum absolute atomic E-state index is 0.0878. The van der Waals surface area contributed by atoms with Crippen LogP contribution in [0, 0.1) is 13.8 Å². The minimum atomic E-state index is 0.0878. The third-order valence-corrected chi connectivity index (χ3v) is 3.38. The lowest BCUT2D eigenvalue weighted by atomic mass is 10.1. The third kappa shape index (κ3) is 2.68. The van der Waals surface area contributed by atoms with Gasteiger partial charge in [0.15, 0.2) is 0 Å². The Bertz CT molecular complexity index is 470. The molecule has 0 aliphatic heterocycles. The number of aliphatic hydroxyl groups is 1. The van der Waals surface area contributed by atoms with Gasteiger partial charge in [0.1, 0.15) is 0 Å². The Morgan fingerprint density at radius 3 is 2.44 bits per heavy atom. The van der Waals surface area contributed by atoms with E-state index in [0.29, 0.717) is 0 Å². The summed E-state index contributed by atoms with van der Waals surface area (Å²) in [6.07, 6.45) is 2.61. The van der Waals surface area contributed by atoms with Crippen LogP contribution < -0.4 is 0 Å². The lowest BCUT2D eigenvalue weighted by Crippen LogP contribution is -1.89. The first kappa shape index (κ1) is 11.3. The second-order valence-electron chi connectivity index (χ2n) is 4.05. The van der Waals surface area contributed by atoms with Crippen LogP contribution in [0.25, 0.3) is 0 Å². The molecule has 0 unspecified atom stereocenters. The highest BCUT2D eigenvalue weighted by Crippen LogP contribution is 2.18. The monoisotopic (exact) mass is 233 g/mol. The highest BCUT2D eigenvalue weighted by molar-refractivity contribution is 7.11. The Morgan fingerprint density at radius 2 is 1.88 bits per heavy atom. The molecule has 0 amide bonds. The number of hydrogen-bond donors (Lipinski definition) is 1. The van der Waals surface area contributed by atoms with Gasteiger partial charge in [-0.2, -0.15) is 0 Å². The predicted octanol–water partition coefficient (Wildman–Crippen LogP) is 2.84. The van der Waals surface area contributed by atoms with Gasteiger partial charge in [-0.05, 0) is 19.4 Å². The number of aliphatic hydroxyl groups excluding tert-OH is 1. The van der Waals surface area contributed by atoms with Crippen LogP contribution in [0.2, 0.25) is 0 Å². The first-order chi connectivity index (χ1) is 7.67. The molecule has 0 aliphatic carbocycles. The van der Waals surface area contributed by atoms with Crippen LogP contribution >= 0.6 is 11.3 Å². The van der Waals surface area contributed by atoms with Crippen molar-refractivity contribution < 1.29 is 5.11 Å². The van der Waals surface area contributed by atoms with Gasteiger partial charge in [0, 0.05) is 12.6 Å². The van der Waals surface area contributed by atoms with Crippen LogP contribution in [0.15, 0.2) is 24.4 Å². The molecule has 0 spiro atoms. The molecule has 0 radical (unpaired) electrons. The van der Waals surface area contributed by atoms with Gasteiger partial charge in [0.2, 0.25) is 0 Å². The summed E-state index contributed by atoms with van der Waals surface area (Å²) in [6, 6.07) is 6.55. The maximum absolute atomic E-state index is 8.98. The van der Waals surface area contributed by atoms with Crippen molar-refractivity contribution in [2.75, 3.05) is 0 Å². The van der Waals surface area contributed by atoms with Crippen molar-refractivity contribution in [3.63, 3.8) is 0 Å². The molecule has 3 heteroatoms. The van der Waals surface area contributed by atoms with E-state index in [1.165, 1.54) is 16.7 Å². The van der Waals surface area contributed by atoms with E-state index in [1.54, 1.807) is 17.5 Å². The van der Waals surface area contributed by atoms with Crippen molar-refractivity contribution in [1.82, 2.24) is 4.98 Å². The fourth-order valence-corrected chi connectivity index (χ4v) is 2.67. The first-order valence-corrected chi connectivity index (χ1v) is 6.10. The molecule has 1 heterocycles. The van der Waals surface area contributed by atoms with E-state index in [2.05, 4.69) is 37.0 Å². The number of rotatable bonds is 3. The standard InChI is InChI=1S/C13H15NOS/c1-9-3-10(2)5-11(4-9)6-13-14-7-12(8-15)16-13/h3-5,7,15H,6,8H2,1-2H3. The van der Waals surface area contributed by atoms with Gasteiger partial charge in [-0.3, -0.25) is 0 Å². The molecule has 16 heavy (non-hydrogen) atoms. The summed E-state index contributed by atoms with van der Waals surface area (Å²) >= 11 is 1.58. The van der Waals surface area contributed by atoms with Gasteiger partial charge in [-0.25, -0.2) is 4.98 Å². The van der Waals surface area contributed by atoms with Crippen molar-refractivity contribution in [3.8, 4) is 0 Å². The topological polar surface area (TPSA) is 33.1 Å². The first-order valence-electron chi connectivity index (χ1n) is 5.29. The fourth-order valence-electron chi connectivity index (χ4n) is 1.85. The maximum atomic E-state index is 8.98. The SMILES string of the molecule is Cc1cc(C)cc(Cc2ncc(CO)s2)c1. The van der Waals surface area contributed by atoms with Crippen LogP contribution in [0.1, 0.15) is 26.6 Å². The smallest absolute Gasteiger partial charge is 0.0972 e. The van der Waals surface area contributed by atoms with Crippen LogP contribution in [-0.2, 0) is 13.0 Å². The van der Waals surface area contributed by atoms with E-state index >= 15 is 0 Å².